The summed E-state index contributed by atoms with van der Waals surface area (Å²) in [4.78, 5) is 13.9. The van der Waals surface area contributed by atoms with Crippen LogP contribution in [0, 0.1) is 0 Å². The standard InChI is InChI=1S/C14H12BrNOS2/c1-19-11-4-2-3-10(8-11)16-14(17)12-6-5-9(15)7-13(12)18/h2-8,18H,1H3,(H,16,17). The van der Waals surface area contributed by atoms with Crippen molar-refractivity contribution < 1.29 is 4.79 Å². The number of carbonyl (C=O) groups excluding carboxylic acids is 1. The molecule has 0 fully saturated rings. The van der Waals surface area contributed by atoms with E-state index in [-0.39, 0.29) is 5.91 Å². The maximum atomic E-state index is 12.2. The van der Waals surface area contributed by atoms with Gasteiger partial charge in [0.15, 0.2) is 0 Å². The number of hydrogen-bond acceptors (Lipinski definition) is 3. The summed E-state index contributed by atoms with van der Waals surface area (Å²) in [6.07, 6.45) is 2.00. The lowest BCUT2D eigenvalue weighted by molar-refractivity contribution is 0.102. The first-order chi connectivity index (χ1) is 9.10. The zero-order chi connectivity index (χ0) is 13.8. The minimum atomic E-state index is -0.157. The summed E-state index contributed by atoms with van der Waals surface area (Å²) in [7, 11) is 0. The molecule has 0 aromatic heterocycles. The summed E-state index contributed by atoms with van der Waals surface area (Å²) in [5.74, 6) is -0.157. The molecule has 1 N–H and O–H groups in total. The van der Waals surface area contributed by atoms with Gasteiger partial charge in [-0.05, 0) is 42.7 Å². The van der Waals surface area contributed by atoms with Crippen molar-refractivity contribution in [1.29, 1.82) is 0 Å². The van der Waals surface area contributed by atoms with Gasteiger partial charge in [-0.25, -0.2) is 0 Å². The maximum Gasteiger partial charge on any atom is 0.256 e. The Bertz CT molecular complexity index is 616. The predicted octanol–water partition coefficient (Wildman–Crippen LogP) is 4.71. The molecule has 0 saturated carbocycles. The Labute approximate surface area is 130 Å². The first-order valence-electron chi connectivity index (χ1n) is 5.54. The summed E-state index contributed by atoms with van der Waals surface area (Å²) in [5.41, 5.74) is 1.34. The van der Waals surface area contributed by atoms with Crippen LogP contribution in [-0.2, 0) is 0 Å². The van der Waals surface area contributed by atoms with Crippen molar-refractivity contribution in [2.45, 2.75) is 9.79 Å². The van der Waals surface area contributed by atoms with E-state index in [9.17, 15) is 4.79 Å². The number of anilines is 1. The van der Waals surface area contributed by atoms with Crippen LogP contribution >= 0.6 is 40.3 Å². The number of halogens is 1. The zero-order valence-corrected chi connectivity index (χ0v) is 13.5. The third kappa shape index (κ3) is 3.78. The highest BCUT2D eigenvalue weighted by molar-refractivity contribution is 9.10. The Kier molecular flexibility index (Phi) is 4.96. The molecule has 1 amide bonds. The monoisotopic (exact) mass is 353 g/mol. The second kappa shape index (κ2) is 6.50. The van der Waals surface area contributed by atoms with Crippen molar-refractivity contribution in [1.82, 2.24) is 0 Å². The van der Waals surface area contributed by atoms with Crippen molar-refractivity contribution in [3.8, 4) is 0 Å². The fourth-order valence-electron chi connectivity index (χ4n) is 1.60. The molecule has 2 aromatic carbocycles. The van der Waals surface area contributed by atoms with Gasteiger partial charge in [0.25, 0.3) is 5.91 Å². The van der Waals surface area contributed by atoms with Crippen molar-refractivity contribution in [3.05, 3.63) is 52.5 Å². The first-order valence-corrected chi connectivity index (χ1v) is 8.00. The molecule has 0 atom stereocenters. The smallest absolute Gasteiger partial charge is 0.256 e. The largest absolute Gasteiger partial charge is 0.322 e. The SMILES string of the molecule is CSc1cccc(NC(=O)c2ccc(Br)cc2S)c1. The van der Waals surface area contributed by atoms with Crippen molar-refractivity contribution >= 4 is 51.9 Å². The molecule has 0 bridgehead atoms. The summed E-state index contributed by atoms with van der Waals surface area (Å²) >= 11 is 9.30. The normalized spacial score (nSPS) is 10.3. The van der Waals surface area contributed by atoms with Crippen LogP contribution in [-0.4, -0.2) is 12.2 Å². The topological polar surface area (TPSA) is 29.1 Å². The Morgan fingerprint density at radius 3 is 2.74 bits per heavy atom. The van der Waals surface area contributed by atoms with Crippen molar-refractivity contribution in [3.63, 3.8) is 0 Å². The minimum Gasteiger partial charge on any atom is -0.322 e. The van der Waals surface area contributed by atoms with Crippen LogP contribution in [0.5, 0.6) is 0 Å². The minimum absolute atomic E-state index is 0.157. The fourth-order valence-corrected chi connectivity index (χ4v) is 2.91. The lowest BCUT2D eigenvalue weighted by Gasteiger charge is -2.08. The van der Waals surface area contributed by atoms with Gasteiger partial charge in [-0.2, -0.15) is 0 Å². The molecule has 0 spiro atoms. The van der Waals surface area contributed by atoms with Crippen LogP contribution in [0.2, 0.25) is 0 Å². The highest BCUT2D eigenvalue weighted by Crippen LogP contribution is 2.22. The average molecular weight is 354 g/mol. The van der Waals surface area contributed by atoms with E-state index in [1.165, 1.54) is 0 Å². The van der Waals surface area contributed by atoms with E-state index in [1.54, 1.807) is 23.9 Å². The number of thiol groups is 1. The van der Waals surface area contributed by atoms with Gasteiger partial charge in [0, 0.05) is 20.0 Å². The number of nitrogens with one attached hydrogen (secondary N) is 1. The molecule has 2 rings (SSSR count). The zero-order valence-electron chi connectivity index (χ0n) is 10.2. The van der Waals surface area contributed by atoms with Gasteiger partial charge in [0.1, 0.15) is 0 Å². The number of benzene rings is 2. The van der Waals surface area contributed by atoms with Crippen molar-refractivity contribution in [2.75, 3.05) is 11.6 Å². The predicted molar refractivity (Wildman–Crippen MR) is 87.6 cm³/mol. The lowest BCUT2D eigenvalue weighted by atomic mass is 10.2. The van der Waals surface area contributed by atoms with Gasteiger partial charge < -0.3 is 5.32 Å². The number of thioether (sulfide) groups is 1. The fraction of sp³-hybridized carbons (Fsp3) is 0.0714. The quantitative estimate of drug-likeness (QED) is 0.617. The van der Waals surface area contributed by atoms with E-state index in [0.29, 0.717) is 10.5 Å². The highest BCUT2D eigenvalue weighted by atomic mass is 79.9. The van der Waals surface area contributed by atoms with Crippen LogP contribution in [0.25, 0.3) is 0 Å². The summed E-state index contributed by atoms with van der Waals surface area (Å²) in [5, 5.41) is 2.88. The Morgan fingerprint density at radius 1 is 1.26 bits per heavy atom. The van der Waals surface area contributed by atoms with E-state index < -0.39 is 0 Å². The average Bonchev–Trinajstić information content (AvgIpc) is 2.38. The molecule has 0 aliphatic heterocycles. The molecule has 98 valence electrons. The first kappa shape index (κ1) is 14.5. The van der Waals surface area contributed by atoms with Gasteiger partial charge in [-0.1, -0.05) is 22.0 Å². The molecular weight excluding hydrogens is 342 g/mol. The molecule has 0 aliphatic carbocycles. The van der Waals surface area contributed by atoms with Gasteiger partial charge in [0.2, 0.25) is 0 Å². The van der Waals surface area contributed by atoms with E-state index >= 15 is 0 Å². The van der Waals surface area contributed by atoms with Gasteiger partial charge in [0.05, 0.1) is 5.56 Å². The van der Waals surface area contributed by atoms with Crippen molar-refractivity contribution in [2.24, 2.45) is 0 Å². The third-order valence-corrected chi connectivity index (χ3v) is 4.12. The van der Waals surface area contributed by atoms with Crippen LogP contribution in [0.1, 0.15) is 10.4 Å². The van der Waals surface area contributed by atoms with Gasteiger partial charge in [-0.15, -0.1) is 24.4 Å². The number of carbonyl (C=O) groups is 1. The Balaban J connectivity index is 2.20. The molecule has 0 aliphatic rings. The second-order valence-electron chi connectivity index (χ2n) is 3.85. The van der Waals surface area contributed by atoms with Crippen LogP contribution in [0.15, 0.2) is 56.7 Å². The number of amides is 1. The number of rotatable bonds is 3. The Morgan fingerprint density at radius 2 is 2.05 bits per heavy atom. The second-order valence-corrected chi connectivity index (χ2v) is 6.12. The number of hydrogen-bond donors (Lipinski definition) is 2. The van der Waals surface area contributed by atoms with E-state index in [2.05, 4.69) is 33.9 Å². The highest BCUT2D eigenvalue weighted by Gasteiger charge is 2.10. The summed E-state index contributed by atoms with van der Waals surface area (Å²) < 4.78 is 0.901. The lowest BCUT2D eigenvalue weighted by Crippen LogP contribution is -2.12. The molecule has 19 heavy (non-hydrogen) atoms. The molecule has 0 saturated heterocycles. The molecule has 0 unspecified atom stereocenters. The third-order valence-electron chi connectivity index (χ3n) is 2.53. The van der Waals surface area contributed by atoms with Crippen LogP contribution in [0.3, 0.4) is 0 Å². The Hall–Kier alpha value is -0.910. The van der Waals surface area contributed by atoms with Crippen LogP contribution < -0.4 is 5.32 Å². The molecular formula is C14H12BrNOS2. The van der Waals surface area contributed by atoms with E-state index in [1.807, 2.05) is 36.6 Å². The van der Waals surface area contributed by atoms with Crippen LogP contribution in [0.4, 0.5) is 5.69 Å². The van der Waals surface area contributed by atoms with E-state index in [0.717, 1.165) is 15.1 Å². The molecule has 5 heteroatoms. The van der Waals surface area contributed by atoms with Gasteiger partial charge >= 0.3 is 0 Å². The van der Waals surface area contributed by atoms with E-state index in [4.69, 9.17) is 0 Å². The summed E-state index contributed by atoms with van der Waals surface area (Å²) in [6.45, 7) is 0. The molecule has 2 nitrogen and oxygen atoms in total. The maximum absolute atomic E-state index is 12.2. The summed E-state index contributed by atoms with van der Waals surface area (Å²) in [6, 6.07) is 13.1. The molecule has 2 aromatic rings. The molecule has 0 heterocycles. The van der Waals surface area contributed by atoms with Gasteiger partial charge in [-0.3, -0.25) is 4.79 Å². The molecule has 0 radical (unpaired) electrons.